The van der Waals surface area contributed by atoms with Crippen molar-refractivity contribution >= 4 is 6.29 Å². The van der Waals surface area contributed by atoms with Crippen LogP contribution in [0, 0.1) is 0 Å². The Labute approximate surface area is 61.6 Å². The first-order valence-electron chi connectivity index (χ1n) is 3.48. The molecule has 1 N–H and O–H groups in total. The average molecular weight is 141 g/mol. The van der Waals surface area contributed by atoms with E-state index < -0.39 is 0 Å². The summed E-state index contributed by atoms with van der Waals surface area (Å²) in [6, 6.07) is 0. The highest BCUT2D eigenvalue weighted by Crippen LogP contribution is 1.99. The summed E-state index contributed by atoms with van der Waals surface area (Å²) in [5.74, 6) is 0. The fourth-order valence-electron chi connectivity index (χ4n) is 0.663. The van der Waals surface area contributed by atoms with Crippen LogP contribution in [0.2, 0.25) is 0 Å². The third-order valence-electron chi connectivity index (χ3n) is 1.18. The Morgan fingerprint density at radius 2 is 2.40 bits per heavy atom. The van der Waals surface area contributed by atoms with Gasteiger partial charge in [0.2, 0.25) is 6.29 Å². The van der Waals surface area contributed by atoms with Crippen molar-refractivity contribution < 1.29 is 9.90 Å². The van der Waals surface area contributed by atoms with Gasteiger partial charge >= 0.3 is 0 Å². The molecule has 0 saturated carbocycles. The molecule has 0 aliphatic heterocycles. The molecule has 1 atom stereocenters. The van der Waals surface area contributed by atoms with Gasteiger partial charge in [0.1, 0.15) is 0 Å². The summed E-state index contributed by atoms with van der Waals surface area (Å²) < 4.78 is 0. The SMILES string of the molecule is CC(O)CCCC=C[C]=O. The third kappa shape index (κ3) is 7.37. The van der Waals surface area contributed by atoms with E-state index in [1.54, 1.807) is 19.3 Å². The first-order chi connectivity index (χ1) is 4.77. The smallest absolute Gasteiger partial charge is 0.225 e. The average Bonchev–Trinajstić information content (AvgIpc) is 1.87. The van der Waals surface area contributed by atoms with Crippen molar-refractivity contribution in [3.8, 4) is 0 Å². The normalized spacial score (nSPS) is 13.8. The minimum Gasteiger partial charge on any atom is -0.393 e. The second-order valence-electron chi connectivity index (χ2n) is 2.30. The van der Waals surface area contributed by atoms with E-state index in [2.05, 4.69) is 0 Å². The minimum absolute atomic E-state index is 0.228. The maximum Gasteiger partial charge on any atom is 0.225 e. The van der Waals surface area contributed by atoms with Crippen molar-refractivity contribution in [1.29, 1.82) is 0 Å². The Bertz CT molecular complexity index is 106. The molecule has 0 spiro atoms. The van der Waals surface area contributed by atoms with Crippen molar-refractivity contribution in [1.82, 2.24) is 0 Å². The fraction of sp³-hybridized carbons (Fsp3) is 0.625. The summed E-state index contributed by atoms with van der Waals surface area (Å²) in [6.07, 6.45) is 7.13. The number of hydrogen-bond donors (Lipinski definition) is 1. The van der Waals surface area contributed by atoms with Crippen LogP contribution >= 0.6 is 0 Å². The summed E-state index contributed by atoms with van der Waals surface area (Å²) >= 11 is 0. The van der Waals surface area contributed by atoms with Crippen LogP contribution in [0.25, 0.3) is 0 Å². The monoisotopic (exact) mass is 141 g/mol. The van der Waals surface area contributed by atoms with Gasteiger partial charge in [-0.15, -0.1) is 0 Å². The number of rotatable bonds is 5. The van der Waals surface area contributed by atoms with E-state index in [-0.39, 0.29) is 6.10 Å². The van der Waals surface area contributed by atoms with Gasteiger partial charge < -0.3 is 5.11 Å². The maximum absolute atomic E-state index is 9.64. The molecule has 0 aromatic rings. The third-order valence-corrected chi connectivity index (χ3v) is 1.18. The summed E-state index contributed by atoms with van der Waals surface area (Å²) in [5, 5.41) is 8.81. The lowest BCUT2D eigenvalue weighted by Gasteiger charge is -1.99. The van der Waals surface area contributed by atoms with E-state index in [0.717, 1.165) is 19.3 Å². The molecule has 0 rings (SSSR count). The molecule has 0 aromatic carbocycles. The standard InChI is InChI=1S/C8H13O2/c1-8(10)6-4-2-3-5-7-9/h3,5,8,10H,2,4,6H2,1H3. The Balaban J connectivity index is 3.04. The largest absolute Gasteiger partial charge is 0.393 e. The van der Waals surface area contributed by atoms with Gasteiger partial charge in [-0.2, -0.15) is 0 Å². The fourth-order valence-corrected chi connectivity index (χ4v) is 0.663. The van der Waals surface area contributed by atoms with E-state index in [0.29, 0.717) is 0 Å². The zero-order valence-corrected chi connectivity index (χ0v) is 6.21. The predicted octanol–water partition coefficient (Wildman–Crippen LogP) is 1.20. The van der Waals surface area contributed by atoms with Crippen LogP contribution < -0.4 is 0 Å². The first kappa shape index (κ1) is 9.37. The number of aliphatic hydroxyl groups excluding tert-OH is 1. The second kappa shape index (κ2) is 6.49. The van der Waals surface area contributed by atoms with E-state index in [4.69, 9.17) is 5.11 Å². The highest BCUT2D eigenvalue weighted by molar-refractivity contribution is 5.65. The number of hydrogen-bond acceptors (Lipinski definition) is 2. The van der Waals surface area contributed by atoms with Gasteiger partial charge in [-0.1, -0.05) is 6.08 Å². The molecule has 2 heteroatoms. The predicted molar refractivity (Wildman–Crippen MR) is 40.4 cm³/mol. The molecule has 2 nitrogen and oxygen atoms in total. The van der Waals surface area contributed by atoms with Crippen LogP contribution in [0.15, 0.2) is 12.2 Å². The molecule has 1 radical (unpaired) electrons. The first-order valence-corrected chi connectivity index (χ1v) is 3.48. The molecule has 0 aliphatic rings. The number of aliphatic hydroxyl groups is 1. The molecule has 0 heterocycles. The Hall–Kier alpha value is -0.630. The van der Waals surface area contributed by atoms with E-state index in [9.17, 15) is 4.79 Å². The van der Waals surface area contributed by atoms with Crippen molar-refractivity contribution in [3.63, 3.8) is 0 Å². The van der Waals surface area contributed by atoms with Crippen molar-refractivity contribution in [3.05, 3.63) is 12.2 Å². The van der Waals surface area contributed by atoms with Crippen LogP contribution in [0.5, 0.6) is 0 Å². The second-order valence-corrected chi connectivity index (χ2v) is 2.30. The Morgan fingerprint density at radius 1 is 1.70 bits per heavy atom. The summed E-state index contributed by atoms with van der Waals surface area (Å²) in [4.78, 5) is 9.64. The van der Waals surface area contributed by atoms with Gasteiger partial charge in [-0.3, -0.25) is 4.79 Å². The molecule has 0 aromatic heterocycles. The zero-order chi connectivity index (χ0) is 7.82. The quantitative estimate of drug-likeness (QED) is 0.461. The van der Waals surface area contributed by atoms with Crippen molar-refractivity contribution in [2.24, 2.45) is 0 Å². The van der Waals surface area contributed by atoms with Gasteiger partial charge in [-0.25, -0.2) is 0 Å². The zero-order valence-electron chi connectivity index (χ0n) is 6.21. The molecular formula is C8H13O2. The van der Waals surface area contributed by atoms with Gasteiger partial charge in [0.15, 0.2) is 0 Å². The molecule has 1 unspecified atom stereocenters. The molecule has 0 fully saturated rings. The van der Waals surface area contributed by atoms with Gasteiger partial charge in [0, 0.05) is 0 Å². The number of carbonyl (C=O) groups excluding carboxylic acids is 1. The minimum atomic E-state index is -0.228. The highest BCUT2D eigenvalue weighted by Gasteiger charge is 1.91. The molecule has 57 valence electrons. The summed E-state index contributed by atoms with van der Waals surface area (Å²) in [6.45, 7) is 1.76. The van der Waals surface area contributed by atoms with E-state index in [1.165, 1.54) is 6.08 Å². The lowest BCUT2D eigenvalue weighted by molar-refractivity contribution is 0.182. The van der Waals surface area contributed by atoms with Crippen LogP contribution in [-0.4, -0.2) is 17.5 Å². The molecule has 0 aliphatic carbocycles. The molecule has 0 amide bonds. The van der Waals surface area contributed by atoms with Crippen molar-refractivity contribution in [2.75, 3.05) is 0 Å². The Kier molecular flexibility index (Phi) is 6.08. The Morgan fingerprint density at radius 3 is 2.90 bits per heavy atom. The van der Waals surface area contributed by atoms with Crippen molar-refractivity contribution in [2.45, 2.75) is 32.3 Å². The van der Waals surface area contributed by atoms with Crippen LogP contribution in [0.1, 0.15) is 26.2 Å². The topological polar surface area (TPSA) is 37.3 Å². The van der Waals surface area contributed by atoms with E-state index in [1.807, 2.05) is 0 Å². The van der Waals surface area contributed by atoms with Gasteiger partial charge in [0.05, 0.1) is 6.10 Å². The van der Waals surface area contributed by atoms with Gasteiger partial charge in [0.25, 0.3) is 0 Å². The van der Waals surface area contributed by atoms with Crippen LogP contribution in [-0.2, 0) is 4.79 Å². The summed E-state index contributed by atoms with van der Waals surface area (Å²) in [5.41, 5.74) is 0. The van der Waals surface area contributed by atoms with Gasteiger partial charge in [-0.05, 0) is 32.3 Å². The lowest BCUT2D eigenvalue weighted by atomic mass is 10.2. The number of unbranched alkanes of at least 4 members (excludes halogenated alkanes) is 1. The number of allylic oxidation sites excluding steroid dienone is 2. The molecule has 0 bridgehead atoms. The lowest BCUT2D eigenvalue weighted by Crippen LogP contribution is -1.97. The van der Waals surface area contributed by atoms with Crippen LogP contribution in [0.4, 0.5) is 0 Å². The van der Waals surface area contributed by atoms with Crippen LogP contribution in [0.3, 0.4) is 0 Å². The maximum atomic E-state index is 9.64. The molecule has 0 saturated heterocycles. The molecule has 10 heavy (non-hydrogen) atoms. The summed E-state index contributed by atoms with van der Waals surface area (Å²) in [7, 11) is 0. The molecular weight excluding hydrogens is 128 g/mol. The van der Waals surface area contributed by atoms with E-state index >= 15 is 0 Å². The highest BCUT2D eigenvalue weighted by atomic mass is 16.3.